The summed E-state index contributed by atoms with van der Waals surface area (Å²) in [5, 5.41) is 3.53. The first-order chi connectivity index (χ1) is 9.34. The SMILES string of the molecule is CC1CNCCc2c(Sc3ccccc3)cccc21. The van der Waals surface area contributed by atoms with Gasteiger partial charge in [0.2, 0.25) is 0 Å². The summed E-state index contributed by atoms with van der Waals surface area (Å²) >= 11 is 1.89. The number of benzene rings is 2. The molecule has 0 fully saturated rings. The molecular formula is C17H19NS. The van der Waals surface area contributed by atoms with Crippen molar-refractivity contribution in [3.63, 3.8) is 0 Å². The molecule has 0 radical (unpaired) electrons. The van der Waals surface area contributed by atoms with Crippen LogP contribution in [0.3, 0.4) is 0 Å². The Morgan fingerprint density at radius 1 is 1.05 bits per heavy atom. The minimum Gasteiger partial charge on any atom is -0.316 e. The van der Waals surface area contributed by atoms with Gasteiger partial charge in [-0.15, -0.1) is 0 Å². The van der Waals surface area contributed by atoms with Gasteiger partial charge in [-0.2, -0.15) is 0 Å². The summed E-state index contributed by atoms with van der Waals surface area (Å²) in [5.41, 5.74) is 3.06. The number of rotatable bonds is 2. The van der Waals surface area contributed by atoms with Gasteiger partial charge in [0.25, 0.3) is 0 Å². The predicted molar refractivity (Wildman–Crippen MR) is 82.0 cm³/mol. The smallest absolute Gasteiger partial charge is 0.0157 e. The number of fused-ring (bicyclic) bond motifs is 1. The van der Waals surface area contributed by atoms with Crippen molar-refractivity contribution in [2.45, 2.75) is 29.1 Å². The number of hydrogen-bond acceptors (Lipinski definition) is 2. The number of hydrogen-bond donors (Lipinski definition) is 1. The lowest BCUT2D eigenvalue weighted by molar-refractivity contribution is 0.644. The lowest BCUT2D eigenvalue weighted by Crippen LogP contribution is -2.18. The van der Waals surface area contributed by atoms with Crippen LogP contribution in [0, 0.1) is 0 Å². The Morgan fingerprint density at radius 2 is 1.89 bits per heavy atom. The van der Waals surface area contributed by atoms with Gasteiger partial charge in [-0.1, -0.05) is 49.0 Å². The van der Waals surface area contributed by atoms with Gasteiger partial charge in [0, 0.05) is 16.3 Å². The van der Waals surface area contributed by atoms with Crippen molar-refractivity contribution in [1.29, 1.82) is 0 Å². The molecule has 0 amide bonds. The molecule has 2 aromatic carbocycles. The van der Waals surface area contributed by atoms with E-state index in [-0.39, 0.29) is 0 Å². The Hall–Kier alpha value is -1.25. The van der Waals surface area contributed by atoms with Crippen molar-refractivity contribution in [3.05, 3.63) is 59.7 Å². The Bertz CT molecular complexity index is 550. The largest absolute Gasteiger partial charge is 0.316 e. The summed E-state index contributed by atoms with van der Waals surface area (Å²) in [6.07, 6.45) is 1.13. The fraction of sp³-hybridized carbons (Fsp3) is 0.294. The molecule has 19 heavy (non-hydrogen) atoms. The zero-order valence-electron chi connectivity index (χ0n) is 11.2. The summed E-state index contributed by atoms with van der Waals surface area (Å²) in [6.45, 7) is 4.49. The van der Waals surface area contributed by atoms with E-state index in [1.54, 1.807) is 0 Å². The highest BCUT2D eigenvalue weighted by Gasteiger charge is 2.17. The standard InChI is InChI=1S/C17H19NS/c1-13-12-18-11-10-16-15(13)8-5-9-17(16)19-14-6-3-2-4-7-14/h2-9,13,18H,10-12H2,1H3. The Labute approximate surface area is 119 Å². The molecule has 3 rings (SSSR count). The first-order valence-corrected chi connectivity index (χ1v) is 7.71. The summed E-state index contributed by atoms with van der Waals surface area (Å²) in [4.78, 5) is 2.74. The second-order valence-corrected chi connectivity index (χ2v) is 6.21. The van der Waals surface area contributed by atoms with Gasteiger partial charge in [-0.05, 0) is 48.2 Å². The van der Waals surface area contributed by atoms with Gasteiger partial charge in [-0.25, -0.2) is 0 Å². The minimum absolute atomic E-state index is 0.605. The summed E-state index contributed by atoms with van der Waals surface area (Å²) in [6, 6.07) is 17.4. The van der Waals surface area contributed by atoms with Gasteiger partial charge < -0.3 is 5.32 Å². The van der Waals surface area contributed by atoms with Crippen molar-refractivity contribution < 1.29 is 0 Å². The van der Waals surface area contributed by atoms with Crippen molar-refractivity contribution in [1.82, 2.24) is 5.32 Å². The summed E-state index contributed by atoms with van der Waals surface area (Å²) in [5.74, 6) is 0.605. The van der Waals surface area contributed by atoms with E-state index in [9.17, 15) is 0 Å². The molecule has 0 bridgehead atoms. The molecule has 1 unspecified atom stereocenters. The molecule has 1 nitrogen and oxygen atoms in total. The quantitative estimate of drug-likeness (QED) is 0.881. The molecule has 1 aliphatic heterocycles. The van der Waals surface area contributed by atoms with Crippen LogP contribution in [0.5, 0.6) is 0 Å². The average Bonchev–Trinajstić information content (AvgIpc) is 2.63. The fourth-order valence-electron chi connectivity index (χ4n) is 2.66. The van der Waals surface area contributed by atoms with Crippen LogP contribution in [0.2, 0.25) is 0 Å². The first kappa shape index (κ1) is 12.8. The number of nitrogens with one attached hydrogen (secondary N) is 1. The van der Waals surface area contributed by atoms with Crippen molar-refractivity contribution in [3.8, 4) is 0 Å². The highest BCUT2D eigenvalue weighted by atomic mass is 32.2. The van der Waals surface area contributed by atoms with E-state index in [0.717, 1.165) is 19.5 Å². The maximum absolute atomic E-state index is 3.53. The molecular weight excluding hydrogens is 250 g/mol. The minimum atomic E-state index is 0.605. The zero-order valence-corrected chi connectivity index (χ0v) is 12.0. The first-order valence-electron chi connectivity index (χ1n) is 6.90. The zero-order chi connectivity index (χ0) is 13.1. The third kappa shape index (κ3) is 2.85. The molecule has 0 saturated carbocycles. The van der Waals surface area contributed by atoms with Gasteiger partial charge in [-0.3, -0.25) is 0 Å². The van der Waals surface area contributed by atoms with Gasteiger partial charge >= 0.3 is 0 Å². The second-order valence-electron chi connectivity index (χ2n) is 5.09. The lowest BCUT2D eigenvalue weighted by Gasteiger charge is -2.15. The van der Waals surface area contributed by atoms with Crippen molar-refractivity contribution >= 4 is 11.8 Å². The van der Waals surface area contributed by atoms with E-state index in [1.165, 1.54) is 20.9 Å². The molecule has 1 aliphatic rings. The van der Waals surface area contributed by atoms with Crippen LogP contribution in [-0.2, 0) is 6.42 Å². The molecule has 2 heteroatoms. The van der Waals surface area contributed by atoms with Gasteiger partial charge in [0.15, 0.2) is 0 Å². The summed E-state index contributed by atoms with van der Waals surface area (Å²) < 4.78 is 0. The van der Waals surface area contributed by atoms with Crippen LogP contribution >= 0.6 is 11.8 Å². The molecule has 1 N–H and O–H groups in total. The van der Waals surface area contributed by atoms with Crippen LogP contribution in [0.15, 0.2) is 58.3 Å². The van der Waals surface area contributed by atoms with Gasteiger partial charge in [0.1, 0.15) is 0 Å². The lowest BCUT2D eigenvalue weighted by atomic mass is 9.95. The van der Waals surface area contributed by atoms with Crippen LogP contribution in [-0.4, -0.2) is 13.1 Å². The van der Waals surface area contributed by atoms with Crippen LogP contribution in [0.25, 0.3) is 0 Å². The van der Waals surface area contributed by atoms with Crippen LogP contribution < -0.4 is 5.32 Å². The Kier molecular flexibility index (Phi) is 3.90. The monoisotopic (exact) mass is 269 g/mol. The molecule has 2 aromatic rings. The normalized spacial score (nSPS) is 18.7. The molecule has 0 aliphatic carbocycles. The topological polar surface area (TPSA) is 12.0 Å². The van der Waals surface area contributed by atoms with E-state index >= 15 is 0 Å². The average molecular weight is 269 g/mol. The van der Waals surface area contributed by atoms with Crippen molar-refractivity contribution in [2.24, 2.45) is 0 Å². The van der Waals surface area contributed by atoms with E-state index in [4.69, 9.17) is 0 Å². The van der Waals surface area contributed by atoms with Crippen LogP contribution in [0.4, 0.5) is 0 Å². The highest BCUT2D eigenvalue weighted by molar-refractivity contribution is 7.99. The summed E-state index contributed by atoms with van der Waals surface area (Å²) in [7, 11) is 0. The van der Waals surface area contributed by atoms with E-state index < -0.39 is 0 Å². The fourth-order valence-corrected chi connectivity index (χ4v) is 3.70. The molecule has 0 spiro atoms. The van der Waals surface area contributed by atoms with Crippen LogP contribution in [0.1, 0.15) is 24.0 Å². The third-order valence-corrected chi connectivity index (χ3v) is 4.78. The van der Waals surface area contributed by atoms with Crippen molar-refractivity contribution in [2.75, 3.05) is 13.1 Å². The molecule has 0 saturated heterocycles. The Balaban J connectivity index is 1.96. The maximum Gasteiger partial charge on any atom is 0.0157 e. The van der Waals surface area contributed by atoms with E-state index in [2.05, 4.69) is 60.8 Å². The highest BCUT2D eigenvalue weighted by Crippen LogP contribution is 2.35. The van der Waals surface area contributed by atoms with E-state index in [0.29, 0.717) is 5.92 Å². The second kappa shape index (κ2) is 5.81. The molecule has 1 heterocycles. The van der Waals surface area contributed by atoms with Gasteiger partial charge in [0.05, 0.1) is 0 Å². The molecule has 0 aromatic heterocycles. The third-order valence-electron chi connectivity index (χ3n) is 3.67. The Morgan fingerprint density at radius 3 is 2.74 bits per heavy atom. The molecule has 98 valence electrons. The predicted octanol–water partition coefficient (Wildman–Crippen LogP) is 4.09. The van der Waals surface area contributed by atoms with E-state index in [1.807, 2.05) is 11.8 Å². The maximum atomic E-state index is 3.53. The molecule has 1 atom stereocenters.